The summed E-state index contributed by atoms with van der Waals surface area (Å²) in [6.45, 7) is 18.6. The first-order valence-corrected chi connectivity index (χ1v) is 14.4. The summed E-state index contributed by atoms with van der Waals surface area (Å²) in [5.74, 6) is -0.170. The lowest BCUT2D eigenvalue weighted by atomic mass is 9.98. The molecule has 1 aliphatic heterocycles. The molecule has 1 atom stereocenters. The zero-order chi connectivity index (χ0) is 31.9. The number of carbonyl (C=O) groups is 1. The predicted molar refractivity (Wildman–Crippen MR) is 167 cm³/mol. The number of amides is 1. The fourth-order valence-electron chi connectivity index (χ4n) is 5.75. The van der Waals surface area contributed by atoms with E-state index >= 15 is 0 Å². The third-order valence-corrected chi connectivity index (χ3v) is 8.20. The van der Waals surface area contributed by atoms with Gasteiger partial charge in [-0.2, -0.15) is 13.2 Å². The van der Waals surface area contributed by atoms with E-state index in [1.54, 1.807) is 29.2 Å². The number of piperazine rings is 1. The van der Waals surface area contributed by atoms with Crippen molar-refractivity contribution >= 4 is 39.8 Å². The summed E-state index contributed by atoms with van der Waals surface area (Å²) in [4.78, 5) is 37.6. The van der Waals surface area contributed by atoms with Crippen LogP contribution in [-0.2, 0) is 11.0 Å². The van der Waals surface area contributed by atoms with E-state index in [4.69, 9.17) is 18.2 Å². The Morgan fingerprint density at radius 3 is 2.50 bits per heavy atom. The van der Waals surface area contributed by atoms with Gasteiger partial charge in [0.1, 0.15) is 5.69 Å². The molecule has 4 aromatic rings. The second-order valence-corrected chi connectivity index (χ2v) is 11.4. The highest BCUT2D eigenvalue weighted by Gasteiger charge is 2.33. The van der Waals surface area contributed by atoms with Crippen molar-refractivity contribution in [3.63, 3.8) is 0 Å². The van der Waals surface area contributed by atoms with E-state index in [0.29, 0.717) is 53.0 Å². The number of pyridine rings is 2. The van der Waals surface area contributed by atoms with E-state index in [0.717, 1.165) is 17.8 Å². The van der Waals surface area contributed by atoms with E-state index in [1.165, 1.54) is 16.7 Å². The summed E-state index contributed by atoms with van der Waals surface area (Å²) in [6.07, 6.45) is -2.24. The van der Waals surface area contributed by atoms with Crippen LogP contribution in [0.15, 0.2) is 72.2 Å². The van der Waals surface area contributed by atoms with Gasteiger partial charge in [0.25, 0.3) is 11.2 Å². The van der Waals surface area contributed by atoms with Crippen LogP contribution >= 0.6 is 11.6 Å². The zero-order valence-corrected chi connectivity index (χ0v) is 25.1. The monoisotopic (exact) mass is 619 g/mol. The number of benzene rings is 2. The van der Waals surface area contributed by atoms with E-state index in [9.17, 15) is 22.8 Å². The molecule has 0 unspecified atom stereocenters. The molecule has 11 heteroatoms. The fourth-order valence-corrected chi connectivity index (χ4v) is 6.02. The maximum Gasteiger partial charge on any atom is 0.433 e. The van der Waals surface area contributed by atoms with Crippen LogP contribution in [0.5, 0.6) is 0 Å². The molecular weight excluding hydrogens is 591 g/mol. The van der Waals surface area contributed by atoms with Gasteiger partial charge in [-0.15, -0.1) is 0 Å². The highest BCUT2D eigenvalue weighted by molar-refractivity contribution is 6.34. The first-order chi connectivity index (χ1) is 20.9. The number of alkyl halides is 3. The maximum absolute atomic E-state index is 14.3. The molecule has 1 aliphatic rings. The quantitative estimate of drug-likeness (QED) is 0.170. The molecule has 0 aliphatic carbocycles. The molecule has 1 fully saturated rings. The molecule has 0 radical (unpaired) electrons. The Balaban J connectivity index is 1.83. The molecule has 44 heavy (non-hydrogen) atoms. The maximum atomic E-state index is 14.3. The number of para-hydroxylation sites is 1. The number of nitrogens with zero attached hydrogens (tertiary/aromatic N) is 5. The number of aromatic nitrogens is 2. The summed E-state index contributed by atoms with van der Waals surface area (Å²) in [7, 11) is 0. The van der Waals surface area contributed by atoms with E-state index in [1.807, 2.05) is 37.8 Å². The molecule has 0 bridgehead atoms. The number of hydrogen-bond donors (Lipinski definition) is 0. The number of rotatable bonds is 5. The molecule has 3 heterocycles. The number of fused-ring (bicyclic) bond motifs is 1. The predicted octanol–water partition coefficient (Wildman–Crippen LogP) is 7.62. The number of carbonyl (C=O) groups excluding carboxylic acids is 1. The minimum Gasteiger partial charge on any atom is -0.373 e. The van der Waals surface area contributed by atoms with Crippen LogP contribution in [-0.4, -0.2) is 46.0 Å². The third kappa shape index (κ3) is 5.44. The SMILES string of the molecule is [C-]#[N+]c1c(N2CCN(C(=O)C=C)C[C@@H]2C)c2cc(Cl)c(-c3ccc(C(F)(F)F)nc3)cc2n(-c2ccccc2C(C)C)c1=O. The summed E-state index contributed by atoms with van der Waals surface area (Å²) in [5, 5.41) is 0.741. The molecular formula is C33H29ClF3N5O2. The van der Waals surface area contributed by atoms with Crippen molar-refractivity contribution in [2.45, 2.75) is 38.9 Å². The Morgan fingerprint density at radius 1 is 1.18 bits per heavy atom. The van der Waals surface area contributed by atoms with Crippen molar-refractivity contribution in [2.75, 3.05) is 24.5 Å². The van der Waals surface area contributed by atoms with Crippen LogP contribution < -0.4 is 10.5 Å². The summed E-state index contributed by atoms with van der Waals surface area (Å²) >= 11 is 6.82. The average Bonchev–Trinajstić information content (AvgIpc) is 3.00. The van der Waals surface area contributed by atoms with E-state index < -0.39 is 17.4 Å². The van der Waals surface area contributed by atoms with E-state index in [-0.39, 0.29) is 28.6 Å². The van der Waals surface area contributed by atoms with Crippen LogP contribution in [0, 0.1) is 6.57 Å². The van der Waals surface area contributed by atoms with Gasteiger partial charge in [0.15, 0.2) is 0 Å². The Kier molecular flexibility index (Phi) is 8.28. The molecule has 1 amide bonds. The van der Waals surface area contributed by atoms with E-state index in [2.05, 4.69) is 16.4 Å². The lowest BCUT2D eigenvalue weighted by molar-refractivity contribution is -0.141. The minimum atomic E-state index is -4.60. The molecule has 2 aromatic heterocycles. The number of halogens is 4. The minimum absolute atomic E-state index is 0.0330. The van der Waals surface area contributed by atoms with Gasteiger partial charge in [-0.3, -0.25) is 19.1 Å². The van der Waals surface area contributed by atoms with Gasteiger partial charge in [0, 0.05) is 53.4 Å². The van der Waals surface area contributed by atoms with Crippen LogP contribution in [0.4, 0.5) is 24.5 Å². The molecule has 226 valence electrons. The summed E-state index contributed by atoms with van der Waals surface area (Å²) < 4.78 is 41.2. The molecule has 7 nitrogen and oxygen atoms in total. The van der Waals surface area contributed by atoms with Gasteiger partial charge in [-0.05, 0) is 48.7 Å². The van der Waals surface area contributed by atoms with Gasteiger partial charge in [0.2, 0.25) is 5.91 Å². The molecule has 0 saturated carbocycles. The van der Waals surface area contributed by atoms with Crippen LogP contribution in [0.3, 0.4) is 0 Å². The van der Waals surface area contributed by atoms with Crippen LogP contribution in [0.2, 0.25) is 5.02 Å². The van der Waals surface area contributed by atoms with Crippen molar-refractivity contribution in [3.05, 3.63) is 105 Å². The highest BCUT2D eigenvalue weighted by Crippen LogP contribution is 2.42. The third-order valence-electron chi connectivity index (χ3n) is 7.89. The van der Waals surface area contributed by atoms with Crippen molar-refractivity contribution in [3.8, 4) is 16.8 Å². The lowest BCUT2D eigenvalue weighted by Crippen LogP contribution is -2.53. The Labute approximate surface area is 257 Å². The largest absolute Gasteiger partial charge is 0.433 e. The fraction of sp³-hybridized carbons (Fsp3) is 0.273. The van der Waals surface area contributed by atoms with Crippen LogP contribution in [0.25, 0.3) is 32.6 Å². The molecule has 5 rings (SSSR count). The lowest BCUT2D eigenvalue weighted by Gasteiger charge is -2.42. The molecule has 1 saturated heterocycles. The topological polar surface area (TPSA) is 62.8 Å². The number of anilines is 1. The molecule has 0 N–H and O–H groups in total. The summed E-state index contributed by atoms with van der Waals surface area (Å²) in [5.41, 5.74) is 1.34. The molecule has 2 aromatic carbocycles. The summed E-state index contributed by atoms with van der Waals surface area (Å²) in [6, 6.07) is 12.6. The first-order valence-electron chi connectivity index (χ1n) is 14.0. The number of hydrogen-bond acceptors (Lipinski definition) is 4. The normalized spacial score (nSPS) is 15.5. The van der Waals surface area contributed by atoms with Gasteiger partial charge in [-0.25, -0.2) is 4.85 Å². The van der Waals surface area contributed by atoms with Gasteiger partial charge >= 0.3 is 6.18 Å². The second-order valence-electron chi connectivity index (χ2n) is 11.0. The Bertz CT molecular complexity index is 1880. The van der Waals surface area contributed by atoms with Gasteiger partial charge < -0.3 is 9.80 Å². The first kappa shape index (κ1) is 30.8. The Hall–Kier alpha value is -4.62. The molecule has 0 spiro atoms. The highest BCUT2D eigenvalue weighted by atomic mass is 35.5. The van der Waals surface area contributed by atoms with Crippen LogP contribution in [0.1, 0.15) is 37.9 Å². The van der Waals surface area contributed by atoms with Crippen molar-refractivity contribution in [1.29, 1.82) is 0 Å². The van der Waals surface area contributed by atoms with Crippen molar-refractivity contribution in [2.24, 2.45) is 0 Å². The smallest absolute Gasteiger partial charge is 0.373 e. The standard InChI is InChI=1S/C33H29ClF3N5O2/c1-6-29(43)40-13-14-41(20(4)18-40)31-24-15-25(34)23(21-11-12-28(39-17-21)33(35,36)37)16-27(24)42(32(44)30(31)38-5)26-10-8-7-9-22(26)19(2)3/h6-12,15-17,19-20H,1,13-14,18H2,2-4H3/t20-/m0/s1. The second kappa shape index (κ2) is 11.8. The van der Waals surface area contributed by atoms with Gasteiger partial charge in [-0.1, -0.05) is 56.3 Å². The van der Waals surface area contributed by atoms with Gasteiger partial charge in [0.05, 0.1) is 23.5 Å². The van der Waals surface area contributed by atoms with Crippen molar-refractivity contribution < 1.29 is 18.0 Å². The average molecular weight is 620 g/mol. The van der Waals surface area contributed by atoms with Crippen molar-refractivity contribution in [1.82, 2.24) is 14.5 Å². The zero-order valence-electron chi connectivity index (χ0n) is 24.3. The Morgan fingerprint density at radius 2 is 1.91 bits per heavy atom.